The van der Waals surface area contributed by atoms with Crippen molar-refractivity contribution in [2.45, 2.75) is 19.1 Å². The first-order valence-electron chi connectivity index (χ1n) is 7.65. The van der Waals surface area contributed by atoms with Gasteiger partial charge in [0.2, 0.25) is 16.0 Å². The van der Waals surface area contributed by atoms with Gasteiger partial charge < -0.3 is 5.73 Å². The summed E-state index contributed by atoms with van der Waals surface area (Å²) in [6.45, 7) is 2.97. The molecule has 3 aromatic rings. The van der Waals surface area contributed by atoms with Crippen LogP contribution >= 0.6 is 0 Å². The quantitative estimate of drug-likeness (QED) is 0.703. The number of carbonyl (C=O) groups is 1. The van der Waals surface area contributed by atoms with Crippen LogP contribution < -0.4 is 5.73 Å². The standard InChI is InChI=1S/C17H15F2N3O3S/c1-9(2)26(24,25)22-14-8-10(6-7-13(14)21-17(22)20)16(23)11-4-3-5-12(18)15(11)19/h3-9H,1-2H3,(H2,20,21). The van der Waals surface area contributed by atoms with Gasteiger partial charge in [0.05, 0.1) is 21.8 Å². The fourth-order valence-electron chi connectivity index (χ4n) is 2.53. The van der Waals surface area contributed by atoms with Crippen LogP contribution in [0.2, 0.25) is 0 Å². The maximum absolute atomic E-state index is 13.9. The lowest BCUT2D eigenvalue weighted by Gasteiger charge is -2.11. The molecule has 0 spiro atoms. The second-order valence-corrected chi connectivity index (χ2v) is 8.30. The van der Waals surface area contributed by atoms with Crippen molar-refractivity contribution in [3.05, 3.63) is 59.2 Å². The van der Waals surface area contributed by atoms with Crippen LogP contribution in [-0.4, -0.2) is 28.4 Å². The van der Waals surface area contributed by atoms with Gasteiger partial charge in [0, 0.05) is 5.56 Å². The third-order valence-corrected chi connectivity index (χ3v) is 6.03. The Morgan fingerprint density at radius 2 is 1.88 bits per heavy atom. The summed E-state index contributed by atoms with van der Waals surface area (Å²) in [6.07, 6.45) is 0. The molecular weight excluding hydrogens is 364 g/mol. The zero-order valence-electron chi connectivity index (χ0n) is 13.9. The summed E-state index contributed by atoms with van der Waals surface area (Å²) in [5, 5.41) is -0.776. The second-order valence-electron chi connectivity index (χ2n) is 5.96. The van der Waals surface area contributed by atoms with Gasteiger partial charge >= 0.3 is 0 Å². The molecule has 9 heteroatoms. The first-order chi connectivity index (χ1) is 12.1. The van der Waals surface area contributed by atoms with Crippen LogP contribution in [0.3, 0.4) is 0 Å². The molecular formula is C17H15F2N3O3S. The van der Waals surface area contributed by atoms with Gasteiger partial charge in [-0.15, -0.1) is 0 Å². The number of aromatic nitrogens is 2. The van der Waals surface area contributed by atoms with E-state index in [0.717, 1.165) is 16.1 Å². The number of rotatable bonds is 4. The number of carbonyl (C=O) groups excluding carboxylic acids is 1. The van der Waals surface area contributed by atoms with E-state index in [-0.39, 0.29) is 22.5 Å². The summed E-state index contributed by atoms with van der Waals surface area (Å²) in [5.74, 6) is -3.43. The molecule has 0 aliphatic rings. The lowest BCUT2D eigenvalue weighted by atomic mass is 10.0. The smallest absolute Gasteiger partial charge is 0.244 e. The Morgan fingerprint density at radius 1 is 1.19 bits per heavy atom. The van der Waals surface area contributed by atoms with Gasteiger partial charge in [0.25, 0.3) is 0 Å². The third kappa shape index (κ3) is 2.74. The number of benzene rings is 2. The zero-order valence-corrected chi connectivity index (χ0v) is 14.7. The predicted octanol–water partition coefficient (Wildman–Crippen LogP) is 2.71. The van der Waals surface area contributed by atoms with Crippen molar-refractivity contribution in [3.63, 3.8) is 0 Å². The van der Waals surface area contributed by atoms with Crippen LogP contribution in [0, 0.1) is 11.6 Å². The van der Waals surface area contributed by atoms with Crippen LogP contribution in [0.15, 0.2) is 36.4 Å². The molecule has 2 N–H and O–H groups in total. The Balaban J connectivity index is 2.21. The van der Waals surface area contributed by atoms with Crippen molar-refractivity contribution in [3.8, 4) is 0 Å². The molecule has 0 saturated heterocycles. The highest BCUT2D eigenvalue weighted by atomic mass is 32.2. The van der Waals surface area contributed by atoms with E-state index in [0.29, 0.717) is 0 Å². The molecule has 26 heavy (non-hydrogen) atoms. The number of nitrogens with two attached hydrogens (primary N) is 1. The number of halogens is 2. The Labute approximate surface area is 148 Å². The zero-order chi connectivity index (χ0) is 19.2. The van der Waals surface area contributed by atoms with Crippen LogP contribution in [0.25, 0.3) is 11.0 Å². The maximum atomic E-state index is 13.9. The molecule has 1 heterocycles. The average Bonchev–Trinajstić information content (AvgIpc) is 2.92. The van der Waals surface area contributed by atoms with Crippen LogP contribution in [-0.2, 0) is 10.0 Å². The molecule has 6 nitrogen and oxygen atoms in total. The average molecular weight is 379 g/mol. The Morgan fingerprint density at radius 3 is 2.54 bits per heavy atom. The van der Waals surface area contributed by atoms with Gasteiger partial charge in [0.15, 0.2) is 17.4 Å². The molecule has 0 atom stereocenters. The van der Waals surface area contributed by atoms with E-state index in [1.807, 2.05) is 0 Å². The number of hydrogen-bond donors (Lipinski definition) is 1. The van der Waals surface area contributed by atoms with Gasteiger partial charge in [-0.3, -0.25) is 4.79 Å². The van der Waals surface area contributed by atoms with Gasteiger partial charge in [-0.1, -0.05) is 6.07 Å². The van der Waals surface area contributed by atoms with Crippen LogP contribution in [0.1, 0.15) is 29.8 Å². The summed E-state index contributed by atoms with van der Waals surface area (Å²) >= 11 is 0. The Kier molecular flexibility index (Phi) is 4.27. The molecule has 2 aromatic carbocycles. The van der Waals surface area contributed by atoms with Crippen molar-refractivity contribution in [2.24, 2.45) is 0 Å². The SMILES string of the molecule is CC(C)S(=O)(=O)n1c(N)nc2ccc(C(=O)c3cccc(F)c3F)cc21. The highest BCUT2D eigenvalue weighted by molar-refractivity contribution is 7.90. The van der Waals surface area contributed by atoms with Crippen molar-refractivity contribution in [1.29, 1.82) is 0 Å². The van der Waals surface area contributed by atoms with E-state index in [4.69, 9.17) is 5.73 Å². The molecule has 136 valence electrons. The minimum absolute atomic E-state index is 0.0119. The first kappa shape index (κ1) is 18.0. The first-order valence-corrected chi connectivity index (χ1v) is 9.16. The van der Waals surface area contributed by atoms with Crippen LogP contribution in [0.5, 0.6) is 0 Å². The lowest BCUT2D eigenvalue weighted by Crippen LogP contribution is -2.23. The van der Waals surface area contributed by atoms with Gasteiger partial charge in [-0.25, -0.2) is 26.2 Å². The summed E-state index contributed by atoms with van der Waals surface area (Å²) in [5.41, 5.74) is 5.64. The molecule has 3 rings (SSSR count). The minimum atomic E-state index is -3.83. The van der Waals surface area contributed by atoms with Crippen LogP contribution in [0.4, 0.5) is 14.7 Å². The highest BCUT2D eigenvalue weighted by Crippen LogP contribution is 2.25. The molecule has 0 amide bonds. The number of anilines is 1. The fraction of sp³-hybridized carbons (Fsp3) is 0.176. The predicted molar refractivity (Wildman–Crippen MR) is 93.4 cm³/mol. The molecule has 0 bridgehead atoms. The second kappa shape index (κ2) is 6.17. The van der Waals surface area contributed by atoms with E-state index in [1.165, 1.54) is 38.1 Å². The molecule has 0 radical (unpaired) electrons. The van der Waals surface area contributed by atoms with Gasteiger partial charge in [-0.05, 0) is 44.2 Å². The summed E-state index contributed by atoms with van der Waals surface area (Å²) in [7, 11) is -3.83. The largest absolute Gasteiger partial charge is 0.368 e. The summed E-state index contributed by atoms with van der Waals surface area (Å²) in [6, 6.07) is 7.29. The summed E-state index contributed by atoms with van der Waals surface area (Å²) in [4.78, 5) is 16.5. The normalized spacial score (nSPS) is 12.0. The molecule has 0 saturated carbocycles. The number of nitrogen functional groups attached to an aromatic ring is 1. The molecule has 0 aliphatic heterocycles. The topological polar surface area (TPSA) is 95.1 Å². The van der Waals surface area contributed by atoms with E-state index in [1.54, 1.807) is 0 Å². The summed E-state index contributed by atoms with van der Waals surface area (Å²) < 4.78 is 53.2. The van der Waals surface area contributed by atoms with Crippen molar-refractivity contribution < 1.29 is 22.0 Å². The van der Waals surface area contributed by atoms with Gasteiger partial charge in [-0.2, -0.15) is 0 Å². The van der Waals surface area contributed by atoms with Crippen molar-refractivity contribution in [1.82, 2.24) is 8.96 Å². The van der Waals surface area contributed by atoms with E-state index in [9.17, 15) is 22.0 Å². The molecule has 0 unspecified atom stereocenters. The maximum Gasteiger partial charge on any atom is 0.244 e. The number of fused-ring (bicyclic) bond motifs is 1. The van der Waals surface area contributed by atoms with Gasteiger partial charge in [0.1, 0.15) is 0 Å². The molecule has 0 aliphatic carbocycles. The minimum Gasteiger partial charge on any atom is -0.368 e. The Bertz CT molecular complexity index is 1140. The van der Waals surface area contributed by atoms with E-state index in [2.05, 4.69) is 4.98 Å². The highest BCUT2D eigenvalue weighted by Gasteiger charge is 2.25. The van der Waals surface area contributed by atoms with E-state index < -0.39 is 38.3 Å². The number of hydrogen-bond acceptors (Lipinski definition) is 5. The number of ketones is 1. The molecule has 0 fully saturated rings. The lowest BCUT2D eigenvalue weighted by molar-refractivity contribution is 0.103. The monoisotopic (exact) mass is 379 g/mol. The van der Waals surface area contributed by atoms with E-state index >= 15 is 0 Å². The number of imidazole rings is 1. The Hall–Kier alpha value is -2.81. The van der Waals surface area contributed by atoms with Crippen molar-refractivity contribution in [2.75, 3.05) is 5.73 Å². The molecule has 1 aromatic heterocycles. The fourth-order valence-corrected chi connectivity index (χ4v) is 3.67. The number of nitrogens with zero attached hydrogens (tertiary/aromatic N) is 2. The third-order valence-electron chi connectivity index (χ3n) is 3.95. The van der Waals surface area contributed by atoms with Crippen molar-refractivity contribution >= 4 is 32.8 Å².